The molecular weight excluding hydrogens is 266 g/mol. The molecule has 116 valence electrons. The van der Waals surface area contributed by atoms with Gasteiger partial charge in [0.15, 0.2) is 0 Å². The van der Waals surface area contributed by atoms with Gasteiger partial charge in [0.05, 0.1) is 5.56 Å². The van der Waals surface area contributed by atoms with E-state index in [0.29, 0.717) is 5.56 Å². The highest BCUT2D eigenvalue weighted by molar-refractivity contribution is 5.93. The summed E-state index contributed by atoms with van der Waals surface area (Å²) < 4.78 is 0. The maximum atomic E-state index is 11.8. The number of nitrogens with one attached hydrogen (secondary N) is 1. The van der Waals surface area contributed by atoms with Crippen LogP contribution in [0, 0.1) is 0 Å². The van der Waals surface area contributed by atoms with Crippen LogP contribution in [0.2, 0.25) is 0 Å². The summed E-state index contributed by atoms with van der Waals surface area (Å²) in [4.78, 5) is 22.4. The number of piperazine rings is 1. The van der Waals surface area contributed by atoms with Crippen molar-refractivity contribution >= 4 is 11.7 Å². The van der Waals surface area contributed by atoms with Crippen molar-refractivity contribution in [1.82, 2.24) is 19.7 Å². The molecule has 1 aliphatic rings. The van der Waals surface area contributed by atoms with Crippen LogP contribution in [-0.2, 0) is 0 Å². The predicted molar refractivity (Wildman–Crippen MR) is 84.7 cm³/mol. The van der Waals surface area contributed by atoms with E-state index in [1.54, 1.807) is 25.2 Å². The van der Waals surface area contributed by atoms with Crippen molar-refractivity contribution in [2.24, 2.45) is 0 Å². The first-order valence-corrected chi connectivity index (χ1v) is 7.39. The molecule has 1 N–H and O–H groups in total. The van der Waals surface area contributed by atoms with E-state index in [1.807, 2.05) is 12.1 Å². The van der Waals surface area contributed by atoms with E-state index in [2.05, 4.69) is 27.1 Å². The van der Waals surface area contributed by atoms with Gasteiger partial charge in [0.2, 0.25) is 0 Å². The topological polar surface area (TPSA) is 51.7 Å². The Bertz CT molecular complexity index is 452. The first-order chi connectivity index (χ1) is 10.1. The maximum Gasteiger partial charge on any atom is 0.254 e. The molecule has 0 aliphatic carbocycles. The standard InChI is InChI=1S/C15H25N5O/c1-18(2)15(21)13-4-5-14(17-12-13)16-6-7-20-10-8-19(3)9-11-20/h4-5,12H,6-11H2,1-3H3,(H,16,17). The summed E-state index contributed by atoms with van der Waals surface area (Å²) in [5.74, 6) is 0.797. The van der Waals surface area contributed by atoms with E-state index in [0.717, 1.165) is 45.1 Å². The number of rotatable bonds is 5. The first kappa shape index (κ1) is 15.7. The molecule has 0 atom stereocenters. The van der Waals surface area contributed by atoms with E-state index in [9.17, 15) is 4.79 Å². The lowest BCUT2D eigenvalue weighted by Crippen LogP contribution is -2.45. The highest BCUT2D eigenvalue weighted by atomic mass is 16.2. The van der Waals surface area contributed by atoms with Crippen LogP contribution in [0.25, 0.3) is 0 Å². The van der Waals surface area contributed by atoms with Crippen molar-refractivity contribution in [3.05, 3.63) is 23.9 Å². The number of carbonyl (C=O) groups is 1. The van der Waals surface area contributed by atoms with E-state index in [1.165, 1.54) is 0 Å². The molecule has 0 spiro atoms. The van der Waals surface area contributed by atoms with Crippen molar-refractivity contribution < 1.29 is 4.79 Å². The fourth-order valence-corrected chi connectivity index (χ4v) is 2.30. The molecule has 2 heterocycles. The normalized spacial score (nSPS) is 16.7. The molecule has 2 rings (SSSR count). The number of aromatic nitrogens is 1. The summed E-state index contributed by atoms with van der Waals surface area (Å²) >= 11 is 0. The zero-order valence-corrected chi connectivity index (χ0v) is 13.2. The lowest BCUT2D eigenvalue weighted by atomic mass is 10.2. The third-order valence-corrected chi connectivity index (χ3v) is 3.75. The Hall–Kier alpha value is -1.66. The lowest BCUT2D eigenvalue weighted by Gasteiger charge is -2.32. The minimum atomic E-state index is -0.0218. The second-order valence-electron chi connectivity index (χ2n) is 5.70. The van der Waals surface area contributed by atoms with Crippen LogP contribution in [0.15, 0.2) is 18.3 Å². The Morgan fingerprint density at radius 3 is 2.57 bits per heavy atom. The number of pyridine rings is 1. The molecule has 0 bridgehead atoms. The van der Waals surface area contributed by atoms with Gasteiger partial charge in [-0.15, -0.1) is 0 Å². The van der Waals surface area contributed by atoms with Gasteiger partial charge >= 0.3 is 0 Å². The lowest BCUT2D eigenvalue weighted by molar-refractivity contribution is 0.0827. The Kier molecular flexibility index (Phi) is 5.52. The van der Waals surface area contributed by atoms with E-state index in [4.69, 9.17) is 0 Å². The molecule has 1 aliphatic heterocycles. The smallest absolute Gasteiger partial charge is 0.254 e. The van der Waals surface area contributed by atoms with Gasteiger partial charge in [-0.05, 0) is 19.2 Å². The third kappa shape index (κ3) is 4.68. The summed E-state index contributed by atoms with van der Waals surface area (Å²) in [5.41, 5.74) is 0.615. The number of carbonyl (C=O) groups excluding carboxylic acids is 1. The molecule has 1 saturated heterocycles. The Balaban J connectivity index is 1.75. The van der Waals surface area contributed by atoms with E-state index >= 15 is 0 Å². The molecule has 1 aromatic rings. The van der Waals surface area contributed by atoms with E-state index < -0.39 is 0 Å². The van der Waals surface area contributed by atoms with Gasteiger partial charge in [0, 0.05) is 59.6 Å². The molecular formula is C15H25N5O. The van der Waals surface area contributed by atoms with Crippen molar-refractivity contribution in [3.63, 3.8) is 0 Å². The van der Waals surface area contributed by atoms with Crippen molar-refractivity contribution in [3.8, 4) is 0 Å². The third-order valence-electron chi connectivity index (χ3n) is 3.75. The molecule has 1 aromatic heterocycles. The van der Waals surface area contributed by atoms with Gasteiger partial charge < -0.3 is 15.1 Å². The van der Waals surface area contributed by atoms with Crippen LogP contribution in [0.1, 0.15) is 10.4 Å². The Labute approximate surface area is 126 Å². The van der Waals surface area contributed by atoms with Gasteiger partial charge in [-0.1, -0.05) is 0 Å². The molecule has 1 fully saturated rings. The largest absolute Gasteiger partial charge is 0.369 e. The van der Waals surface area contributed by atoms with Crippen molar-refractivity contribution in [2.75, 3.05) is 65.7 Å². The molecule has 1 amide bonds. The quantitative estimate of drug-likeness (QED) is 0.853. The maximum absolute atomic E-state index is 11.8. The van der Waals surface area contributed by atoms with Gasteiger partial charge in [-0.25, -0.2) is 4.98 Å². The average Bonchev–Trinajstić information content (AvgIpc) is 2.49. The van der Waals surface area contributed by atoms with Gasteiger partial charge in [-0.3, -0.25) is 9.69 Å². The molecule has 6 heteroatoms. The number of amides is 1. The van der Waals surface area contributed by atoms with Crippen LogP contribution in [-0.4, -0.2) is 86.0 Å². The Morgan fingerprint density at radius 1 is 1.29 bits per heavy atom. The summed E-state index contributed by atoms with van der Waals surface area (Å²) in [6.45, 7) is 6.43. The van der Waals surface area contributed by atoms with Gasteiger partial charge in [0.1, 0.15) is 5.82 Å². The predicted octanol–water partition coefficient (Wildman–Crippen LogP) is 0.443. The minimum Gasteiger partial charge on any atom is -0.369 e. The molecule has 0 radical (unpaired) electrons. The SMILES string of the molecule is CN1CCN(CCNc2ccc(C(=O)N(C)C)cn2)CC1. The summed E-state index contributed by atoms with van der Waals surface area (Å²) in [6.07, 6.45) is 1.63. The van der Waals surface area contributed by atoms with Crippen LogP contribution < -0.4 is 5.32 Å². The number of hydrogen-bond acceptors (Lipinski definition) is 5. The van der Waals surface area contributed by atoms with Crippen LogP contribution in [0.4, 0.5) is 5.82 Å². The minimum absolute atomic E-state index is 0.0218. The average molecular weight is 291 g/mol. The van der Waals surface area contributed by atoms with Gasteiger partial charge in [-0.2, -0.15) is 0 Å². The van der Waals surface area contributed by atoms with Crippen LogP contribution in [0.3, 0.4) is 0 Å². The van der Waals surface area contributed by atoms with Crippen molar-refractivity contribution in [2.45, 2.75) is 0 Å². The highest BCUT2D eigenvalue weighted by Gasteiger charge is 2.13. The first-order valence-electron chi connectivity index (χ1n) is 7.39. The summed E-state index contributed by atoms with van der Waals surface area (Å²) in [6, 6.07) is 3.67. The van der Waals surface area contributed by atoms with Crippen LogP contribution >= 0.6 is 0 Å². The number of anilines is 1. The molecule has 21 heavy (non-hydrogen) atoms. The molecule has 0 aromatic carbocycles. The Morgan fingerprint density at radius 2 is 2.00 bits per heavy atom. The van der Waals surface area contributed by atoms with E-state index in [-0.39, 0.29) is 5.91 Å². The second-order valence-corrected chi connectivity index (χ2v) is 5.70. The van der Waals surface area contributed by atoms with Gasteiger partial charge in [0.25, 0.3) is 5.91 Å². The fraction of sp³-hybridized carbons (Fsp3) is 0.600. The zero-order valence-electron chi connectivity index (χ0n) is 13.2. The van der Waals surface area contributed by atoms with Crippen LogP contribution in [0.5, 0.6) is 0 Å². The number of likely N-dealkylation sites (N-methyl/N-ethyl adjacent to an activating group) is 1. The number of nitrogens with zero attached hydrogens (tertiary/aromatic N) is 4. The fourth-order valence-electron chi connectivity index (χ4n) is 2.30. The molecule has 0 saturated carbocycles. The number of hydrogen-bond donors (Lipinski definition) is 1. The molecule has 6 nitrogen and oxygen atoms in total. The zero-order chi connectivity index (χ0) is 15.2. The van der Waals surface area contributed by atoms with Crippen molar-refractivity contribution in [1.29, 1.82) is 0 Å². The molecule has 0 unspecified atom stereocenters. The highest BCUT2D eigenvalue weighted by Crippen LogP contribution is 2.07. The second kappa shape index (κ2) is 7.38. The summed E-state index contributed by atoms with van der Waals surface area (Å²) in [5, 5.41) is 3.31. The summed E-state index contributed by atoms with van der Waals surface area (Å²) in [7, 11) is 5.64. The monoisotopic (exact) mass is 291 g/mol.